The van der Waals surface area contributed by atoms with Crippen molar-refractivity contribution in [1.82, 2.24) is 0 Å². The highest BCUT2D eigenvalue weighted by molar-refractivity contribution is 7.80. The number of rotatable bonds is 1. The average Bonchev–Trinajstić information content (AvgIpc) is 2.13. The minimum Gasteiger partial charge on any atom is -0.328 e. The largest absolute Gasteiger partial charge is 0.328 e. The number of nitrogens with two attached hydrogens (primary N) is 1. The topological polar surface area (TPSA) is 26.0 Å². The fraction of sp³-hybridized carbons (Fsp3) is 1.00. The molecule has 1 unspecified atom stereocenters. The highest BCUT2D eigenvalue weighted by atomic mass is 32.1. The van der Waals surface area contributed by atoms with E-state index in [9.17, 15) is 0 Å². The standard InChI is InChI=1S/C8H17NS/c9-8-4-2-1-3-7(5-8)6-10/h7-8,10H,1-6,9H2/t7?,8-/m0/s1. The Hall–Kier alpha value is 0.310. The summed E-state index contributed by atoms with van der Waals surface area (Å²) in [5.74, 6) is 1.81. The molecule has 1 fully saturated rings. The number of hydrogen-bond donors (Lipinski definition) is 2. The van der Waals surface area contributed by atoms with Crippen LogP contribution in [0.25, 0.3) is 0 Å². The molecule has 0 radical (unpaired) electrons. The molecule has 1 aliphatic carbocycles. The van der Waals surface area contributed by atoms with Crippen molar-refractivity contribution < 1.29 is 0 Å². The van der Waals surface area contributed by atoms with E-state index < -0.39 is 0 Å². The van der Waals surface area contributed by atoms with Gasteiger partial charge in [0.05, 0.1) is 0 Å². The molecule has 1 rings (SSSR count). The predicted molar refractivity (Wildman–Crippen MR) is 48.4 cm³/mol. The van der Waals surface area contributed by atoms with Gasteiger partial charge >= 0.3 is 0 Å². The molecule has 0 saturated heterocycles. The monoisotopic (exact) mass is 159 g/mol. The van der Waals surface area contributed by atoms with Crippen LogP contribution in [0.5, 0.6) is 0 Å². The second-order valence-corrected chi connectivity index (χ2v) is 3.69. The molecule has 0 bridgehead atoms. The number of hydrogen-bond acceptors (Lipinski definition) is 2. The molecule has 1 saturated carbocycles. The van der Waals surface area contributed by atoms with E-state index >= 15 is 0 Å². The molecular formula is C8H17NS. The smallest absolute Gasteiger partial charge is 0.00417 e. The van der Waals surface area contributed by atoms with Gasteiger partial charge in [-0.05, 0) is 30.9 Å². The lowest BCUT2D eigenvalue weighted by Crippen LogP contribution is -2.21. The Kier molecular flexibility index (Phi) is 3.57. The zero-order valence-corrected chi connectivity index (χ0v) is 7.32. The van der Waals surface area contributed by atoms with Gasteiger partial charge in [-0.1, -0.05) is 12.8 Å². The molecule has 60 valence electrons. The first-order valence-corrected chi connectivity index (χ1v) is 4.82. The Balaban J connectivity index is 2.30. The van der Waals surface area contributed by atoms with E-state index in [-0.39, 0.29) is 0 Å². The lowest BCUT2D eigenvalue weighted by atomic mass is 10.0. The van der Waals surface area contributed by atoms with Crippen LogP contribution in [-0.2, 0) is 0 Å². The third-order valence-corrected chi connectivity index (χ3v) is 2.85. The van der Waals surface area contributed by atoms with Crippen LogP contribution in [-0.4, -0.2) is 11.8 Å². The summed E-state index contributed by atoms with van der Waals surface area (Å²) >= 11 is 4.30. The van der Waals surface area contributed by atoms with Crippen LogP contribution >= 0.6 is 12.6 Å². The van der Waals surface area contributed by atoms with E-state index in [1.807, 2.05) is 0 Å². The highest BCUT2D eigenvalue weighted by Gasteiger charge is 2.15. The van der Waals surface area contributed by atoms with Gasteiger partial charge in [-0.25, -0.2) is 0 Å². The summed E-state index contributed by atoms with van der Waals surface area (Å²) in [6.07, 6.45) is 6.45. The fourth-order valence-electron chi connectivity index (χ4n) is 1.67. The Morgan fingerprint density at radius 1 is 1.30 bits per heavy atom. The summed E-state index contributed by atoms with van der Waals surface area (Å²) in [4.78, 5) is 0. The van der Waals surface area contributed by atoms with Crippen molar-refractivity contribution in [2.45, 2.75) is 38.1 Å². The molecule has 0 aromatic carbocycles. The third kappa shape index (κ3) is 2.51. The second-order valence-electron chi connectivity index (χ2n) is 3.33. The van der Waals surface area contributed by atoms with Crippen LogP contribution < -0.4 is 5.73 Å². The Morgan fingerprint density at radius 2 is 2.00 bits per heavy atom. The Labute approximate surface area is 68.8 Å². The average molecular weight is 159 g/mol. The molecule has 0 aromatic heterocycles. The van der Waals surface area contributed by atoms with Gasteiger partial charge in [0.15, 0.2) is 0 Å². The minimum atomic E-state index is 0.458. The van der Waals surface area contributed by atoms with Gasteiger partial charge < -0.3 is 5.73 Å². The molecule has 0 spiro atoms. The molecule has 2 heteroatoms. The first kappa shape index (κ1) is 8.41. The van der Waals surface area contributed by atoms with E-state index in [0.717, 1.165) is 11.7 Å². The molecule has 10 heavy (non-hydrogen) atoms. The maximum atomic E-state index is 5.87. The molecule has 2 atom stereocenters. The van der Waals surface area contributed by atoms with Gasteiger partial charge in [-0.3, -0.25) is 0 Å². The molecule has 0 aliphatic heterocycles. The maximum Gasteiger partial charge on any atom is 0.00417 e. The minimum absolute atomic E-state index is 0.458. The first-order valence-electron chi connectivity index (χ1n) is 4.19. The molecule has 0 aromatic rings. The van der Waals surface area contributed by atoms with Crippen LogP contribution in [0.4, 0.5) is 0 Å². The van der Waals surface area contributed by atoms with E-state index in [0.29, 0.717) is 6.04 Å². The van der Waals surface area contributed by atoms with Crippen LogP contribution in [0.1, 0.15) is 32.1 Å². The second kappa shape index (κ2) is 4.24. The molecule has 0 amide bonds. The van der Waals surface area contributed by atoms with Crippen LogP contribution in [0.3, 0.4) is 0 Å². The molecule has 1 nitrogen and oxygen atoms in total. The fourth-order valence-corrected chi connectivity index (χ4v) is 2.00. The van der Waals surface area contributed by atoms with Crippen molar-refractivity contribution in [3.05, 3.63) is 0 Å². The quantitative estimate of drug-likeness (QED) is 0.443. The summed E-state index contributed by atoms with van der Waals surface area (Å²) in [5, 5.41) is 0. The van der Waals surface area contributed by atoms with Crippen molar-refractivity contribution in [2.24, 2.45) is 11.7 Å². The summed E-state index contributed by atoms with van der Waals surface area (Å²) in [6, 6.07) is 0.458. The van der Waals surface area contributed by atoms with Gasteiger partial charge in [-0.2, -0.15) is 12.6 Å². The highest BCUT2D eigenvalue weighted by Crippen LogP contribution is 2.22. The summed E-state index contributed by atoms with van der Waals surface area (Å²) < 4.78 is 0. The number of thiol groups is 1. The van der Waals surface area contributed by atoms with Crippen molar-refractivity contribution in [3.63, 3.8) is 0 Å². The van der Waals surface area contributed by atoms with E-state index in [4.69, 9.17) is 5.73 Å². The first-order chi connectivity index (χ1) is 4.83. The van der Waals surface area contributed by atoms with Gasteiger partial charge in [-0.15, -0.1) is 0 Å². The maximum absolute atomic E-state index is 5.87. The zero-order valence-electron chi connectivity index (χ0n) is 6.42. The van der Waals surface area contributed by atoms with Crippen LogP contribution in [0.15, 0.2) is 0 Å². The van der Waals surface area contributed by atoms with Gasteiger partial charge in [0.1, 0.15) is 0 Å². The molecule has 0 heterocycles. The zero-order chi connectivity index (χ0) is 7.40. The van der Waals surface area contributed by atoms with E-state index in [1.165, 1.54) is 32.1 Å². The third-order valence-electron chi connectivity index (χ3n) is 2.33. The Morgan fingerprint density at radius 3 is 2.70 bits per heavy atom. The SMILES string of the molecule is N[C@H]1CCCCC(CS)C1. The van der Waals surface area contributed by atoms with Crippen LogP contribution in [0.2, 0.25) is 0 Å². The predicted octanol–water partition coefficient (Wildman–Crippen LogP) is 1.82. The normalized spacial score (nSPS) is 35.4. The van der Waals surface area contributed by atoms with Gasteiger partial charge in [0, 0.05) is 6.04 Å². The summed E-state index contributed by atoms with van der Waals surface area (Å²) in [7, 11) is 0. The summed E-state index contributed by atoms with van der Waals surface area (Å²) in [6.45, 7) is 0. The summed E-state index contributed by atoms with van der Waals surface area (Å²) in [5.41, 5.74) is 5.87. The molecule has 1 aliphatic rings. The van der Waals surface area contributed by atoms with Crippen molar-refractivity contribution >= 4 is 12.6 Å². The molecular weight excluding hydrogens is 142 g/mol. The van der Waals surface area contributed by atoms with Gasteiger partial charge in [0.2, 0.25) is 0 Å². The lowest BCUT2D eigenvalue weighted by molar-refractivity contribution is 0.477. The van der Waals surface area contributed by atoms with Gasteiger partial charge in [0.25, 0.3) is 0 Å². The van der Waals surface area contributed by atoms with Crippen molar-refractivity contribution in [3.8, 4) is 0 Å². The molecule has 2 N–H and O–H groups in total. The Bertz CT molecular complexity index is 95.3. The lowest BCUT2D eigenvalue weighted by Gasteiger charge is -2.13. The van der Waals surface area contributed by atoms with Crippen LogP contribution in [0, 0.1) is 5.92 Å². The van der Waals surface area contributed by atoms with E-state index in [1.54, 1.807) is 0 Å². The van der Waals surface area contributed by atoms with Crippen molar-refractivity contribution in [1.29, 1.82) is 0 Å². The van der Waals surface area contributed by atoms with E-state index in [2.05, 4.69) is 12.6 Å². The van der Waals surface area contributed by atoms with Crippen molar-refractivity contribution in [2.75, 3.05) is 5.75 Å².